The first-order valence-corrected chi connectivity index (χ1v) is 4.95. The number of hydrogen-bond acceptors (Lipinski definition) is 8. The van der Waals surface area contributed by atoms with E-state index in [1.54, 1.807) is 0 Å². The van der Waals surface area contributed by atoms with E-state index in [1.165, 1.54) is 0 Å². The van der Waals surface area contributed by atoms with Crippen LogP contribution in [0.1, 0.15) is 6.92 Å². The third-order valence-electron chi connectivity index (χ3n) is 2.38. The minimum atomic E-state index is -2.06. The van der Waals surface area contributed by atoms with E-state index in [0.717, 1.165) is 6.92 Å². The fourth-order valence-corrected chi connectivity index (χ4v) is 1.17. The van der Waals surface area contributed by atoms with Gasteiger partial charge in [0.15, 0.2) is 6.29 Å². The quantitative estimate of drug-likeness (QED) is 0.225. The molecular formula is C9H18O8. The lowest BCUT2D eigenvalue weighted by Gasteiger charge is -2.30. The topological polar surface area (TPSA) is 159 Å². The van der Waals surface area contributed by atoms with Gasteiger partial charge in [0.1, 0.15) is 36.6 Å². The van der Waals surface area contributed by atoms with Crippen LogP contribution in [-0.4, -0.2) is 84.8 Å². The largest absolute Gasteiger partial charge is 0.391 e. The summed E-state index contributed by atoms with van der Waals surface area (Å²) in [5.41, 5.74) is 0. The number of aliphatic hydroxyl groups excluding tert-OH is 7. The highest BCUT2D eigenvalue weighted by molar-refractivity contribution is 5.56. The summed E-state index contributed by atoms with van der Waals surface area (Å²) in [5.74, 6) is 0. The van der Waals surface area contributed by atoms with Gasteiger partial charge in [-0.15, -0.1) is 0 Å². The molecule has 102 valence electrons. The van der Waals surface area contributed by atoms with Crippen molar-refractivity contribution in [1.29, 1.82) is 0 Å². The first kappa shape index (κ1) is 16.4. The van der Waals surface area contributed by atoms with Crippen LogP contribution < -0.4 is 0 Å². The van der Waals surface area contributed by atoms with Gasteiger partial charge < -0.3 is 40.5 Å². The van der Waals surface area contributed by atoms with Crippen molar-refractivity contribution in [1.82, 2.24) is 0 Å². The third-order valence-corrected chi connectivity index (χ3v) is 2.38. The van der Waals surface area contributed by atoms with Gasteiger partial charge in [0.05, 0.1) is 6.10 Å². The average molecular weight is 254 g/mol. The Morgan fingerprint density at radius 2 is 1.06 bits per heavy atom. The molecule has 17 heavy (non-hydrogen) atoms. The molecule has 8 nitrogen and oxygen atoms in total. The summed E-state index contributed by atoms with van der Waals surface area (Å²) < 4.78 is 0. The van der Waals surface area contributed by atoms with E-state index in [4.69, 9.17) is 10.2 Å². The van der Waals surface area contributed by atoms with Crippen molar-refractivity contribution in [2.75, 3.05) is 0 Å². The number of carbonyl (C=O) groups excluding carboxylic acids is 1. The van der Waals surface area contributed by atoms with Crippen LogP contribution >= 0.6 is 0 Å². The molecule has 0 heterocycles. The lowest BCUT2D eigenvalue weighted by Crippen LogP contribution is -2.54. The standard InChI is InChI=1S/C9H18O8/c1-3(11)5(13)7(15)9(17)8(16)6(14)4(12)2-10/h2-9,11-17H,1H3/t3-,4-,5-,6+,7-,8-,9+/m0/s1. The van der Waals surface area contributed by atoms with Crippen molar-refractivity contribution < 1.29 is 40.5 Å². The molecule has 0 aliphatic heterocycles. The van der Waals surface area contributed by atoms with E-state index in [0.29, 0.717) is 0 Å². The Hall–Kier alpha value is -0.610. The Morgan fingerprint density at radius 3 is 1.41 bits per heavy atom. The fraction of sp³-hybridized carbons (Fsp3) is 0.889. The van der Waals surface area contributed by atoms with Gasteiger partial charge in [0, 0.05) is 0 Å². The smallest absolute Gasteiger partial charge is 0.151 e. The summed E-state index contributed by atoms with van der Waals surface area (Å²) in [5, 5.41) is 64.2. The molecule has 8 heteroatoms. The first-order valence-electron chi connectivity index (χ1n) is 4.95. The maximum absolute atomic E-state index is 10.1. The molecule has 0 fully saturated rings. The first-order chi connectivity index (χ1) is 7.73. The maximum Gasteiger partial charge on any atom is 0.151 e. The van der Waals surface area contributed by atoms with Crippen LogP contribution in [0, 0.1) is 0 Å². The molecule has 0 aliphatic rings. The summed E-state index contributed by atoms with van der Waals surface area (Å²) in [6.45, 7) is 1.14. The maximum atomic E-state index is 10.1. The van der Waals surface area contributed by atoms with Gasteiger partial charge in [-0.25, -0.2) is 0 Å². The summed E-state index contributed by atoms with van der Waals surface area (Å²) in [7, 11) is 0. The predicted octanol–water partition coefficient (Wildman–Crippen LogP) is -4.27. The van der Waals surface area contributed by atoms with Crippen molar-refractivity contribution >= 4 is 6.29 Å². The summed E-state index contributed by atoms with van der Waals surface area (Å²) in [6.07, 6.45) is -13.2. The zero-order valence-corrected chi connectivity index (χ0v) is 9.16. The van der Waals surface area contributed by atoms with Crippen LogP contribution in [0.15, 0.2) is 0 Å². The monoisotopic (exact) mass is 254 g/mol. The molecular weight excluding hydrogens is 236 g/mol. The van der Waals surface area contributed by atoms with Crippen LogP contribution in [0.2, 0.25) is 0 Å². The molecule has 0 amide bonds. The van der Waals surface area contributed by atoms with Crippen LogP contribution in [0.25, 0.3) is 0 Å². The second kappa shape index (κ2) is 6.97. The highest BCUT2D eigenvalue weighted by atomic mass is 16.4. The molecule has 0 rings (SSSR count). The van der Waals surface area contributed by atoms with Crippen LogP contribution in [0.5, 0.6) is 0 Å². The highest BCUT2D eigenvalue weighted by Crippen LogP contribution is 2.12. The Balaban J connectivity index is 4.58. The zero-order chi connectivity index (χ0) is 13.7. The van der Waals surface area contributed by atoms with Gasteiger partial charge in [-0.2, -0.15) is 0 Å². The van der Waals surface area contributed by atoms with Crippen molar-refractivity contribution in [3.63, 3.8) is 0 Å². The van der Waals surface area contributed by atoms with Crippen LogP contribution in [0.3, 0.4) is 0 Å². The van der Waals surface area contributed by atoms with Gasteiger partial charge in [-0.1, -0.05) is 0 Å². The number of hydrogen-bond donors (Lipinski definition) is 7. The highest BCUT2D eigenvalue weighted by Gasteiger charge is 2.38. The molecule has 0 aromatic carbocycles. The van der Waals surface area contributed by atoms with Crippen molar-refractivity contribution in [2.45, 2.75) is 49.7 Å². The van der Waals surface area contributed by atoms with Crippen molar-refractivity contribution in [3.05, 3.63) is 0 Å². The van der Waals surface area contributed by atoms with Gasteiger partial charge >= 0.3 is 0 Å². The predicted molar refractivity (Wildman–Crippen MR) is 53.8 cm³/mol. The van der Waals surface area contributed by atoms with Gasteiger partial charge in [0.25, 0.3) is 0 Å². The Labute approximate surface area is 97.4 Å². The molecule has 0 bridgehead atoms. The average Bonchev–Trinajstić information content (AvgIpc) is 2.32. The minimum Gasteiger partial charge on any atom is -0.391 e. The summed E-state index contributed by atoms with van der Waals surface area (Å²) in [4.78, 5) is 10.1. The van der Waals surface area contributed by atoms with E-state index in [-0.39, 0.29) is 6.29 Å². The van der Waals surface area contributed by atoms with Gasteiger partial charge in [-0.05, 0) is 6.92 Å². The van der Waals surface area contributed by atoms with Crippen LogP contribution in [-0.2, 0) is 4.79 Å². The van der Waals surface area contributed by atoms with Crippen LogP contribution in [0.4, 0.5) is 0 Å². The lowest BCUT2D eigenvalue weighted by molar-refractivity contribution is -0.166. The Bertz CT molecular complexity index is 233. The summed E-state index contributed by atoms with van der Waals surface area (Å²) in [6, 6.07) is 0. The van der Waals surface area contributed by atoms with E-state index in [2.05, 4.69) is 0 Å². The summed E-state index contributed by atoms with van der Waals surface area (Å²) >= 11 is 0. The minimum absolute atomic E-state index is 0.0575. The molecule has 7 N–H and O–H groups in total. The molecule has 7 atom stereocenters. The Morgan fingerprint density at radius 1 is 0.706 bits per heavy atom. The fourth-order valence-electron chi connectivity index (χ4n) is 1.17. The van der Waals surface area contributed by atoms with Crippen molar-refractivity contribution in [3.8, 4) is 0 Å². The molecule has 0 spiro atoms. The molecule has 0 aromatic heterocycles. The number of aliphatic hydroxyl groups is 7. The number of carbonyl (C=O) groups is 1. The lowest BCUT2D eigenvalue weighted by atomic mass is 9.95. The van der Waals surface area contributed by atoms with Gasteiger partial charge in [0.2, 0.25) is 0 Å². The van der Waals surface area contributed by atoms with E-state index < -0.39 is 42.7 Å². The zero-order valence-electron chi connectivity index (χ0n) is 9.16. The molecule has 0 unspecified atom stereocenters. The SMILES string of the molecule is C[C@H](O)[C@H](O)[C@H](O)[C@@H](O)[C@@H](O)[C@H](O)[C@@H](O)C=O. The third kappa shape index (κ3) is 4.28. The molecule has 0 saturated carbocycles. The molecule has 0 radical (unpaired) electrons. The Kier molecular flexibility index (Phi) is 6.72. The second-order valence-electron chi connectivity index (χ2n) is 3.82. The normalized spacial score (nSPS) is 24.2. The van der Waals surface area contributed by atoms with E-state index in [1.807, 2.05) is 0 Å². The molecule has 0 saturated heterocycles. The molecule has 0 aliphatic carbocycles. The van der Waals surface area contributed by atoms with Crippen molar-refractivity contribution in [2.24, 2.45) is 0 Å². The van der Waals surface area contributed by atoms with E-state index >= 15 is 0 Å². The van der Waals surface area contributed by atoms with Gasteiger partial charge in [-0.3, -0.25) is 0 Å². The number of aldehydes is 1. The number of rotatable bonds is 7. The van der Waals surface area contributed by atoms with E-state index in [9.17, 15) is 30.3 Å². The molecule has 0 aromatic rings. The second-order valence-corrected chi connectivity index (χ2v) is 3.82.